The number of quaternary nitrogens is 1. The molecule has 0 heterocycles. The van der Waals surface area contributed by atoms with Crippen molar-refractivity contribution >= 4 is 0 Å². The summed E-state index contributed by atoms with van der Waals surface area (Å²) in [5.41, 5.74) is 0. The van der Waals surface area contributed by atoms with Crippen molar-refractivity contribution in [3.05, 3.63) is 0 Å². The van der Waals surface area contributed by atoms with E-state index in [1.807, 2.05) is 0 Å². The summed E-state index contributed by atoms with van der Waals surface area (Å²) >= 11 is 0. The second-order valence-electron chi connectivity index (χ2n) is 4.38. The Labute approximate surface area is 89.4 Å². The number of rotatable bonds is 9. The summed E-state index contributed by atoms with van der Waals surface area (Å²) in [6, 6.07) is 0.626. The molecule has 0 aliphatic heterocycles. The van der Waals surface area contributed by atoms with Crippen molar-refractivity contribution in [2.75, 3.05) is 20.3 Å². The third-order valence-corrected chi connectivity index (χ3v) is 2.74. The molecule has 0 fully saturated rings. The Morgan fingerprint density at radius 1 is 1.14 bits per heavy atom. The van der Waals surface area contributed by atoms with Crippen LogP contribution in [-0.4, -0.2) is 26.3 Å². The average molecular weight is 202 g/mol. The minimum Gasteiger partial charge on any atom is -0.375 e. The lowest BCUT2D eigenvalue weighted by molar-refractivity contribution is -0.671. The minimum atomic E-state index is 0.626. The maximum absolute atomic E-state index is 5.66. The SMILES string of the molecule is CCCCCCOC[C@H]([NH2+]C)C(C)C. The molecule has 1 atom stereocenters. The molecule has 2 N–H and O–H groups in total. The van der Waals surface area contributed by atoms with Crippen molar-refractivity contribution in [1.82, 2.24) is 0 Å². The Balaban J connectivity index is 3.25. The highest BCUT2D eigenvalue weighted by Crippen LogP contribution is 2.01. The topological polar surface area (TPSA) is 25.8 Å². The lowest BCUT2D eigenvalue weighted by Crippen LogP contribution is -2.88. The maximum Gasteiger partial charge on any atom is 0.112 e. The molecule has 0 aliphatic rings. The second kappa shape index (κ2) is 9.47. The molecule has 0 aromatic carbocycles. The van der Waals surface area contributed by atoms with Gasteiger partial charge >= 0.3 is 0 Å². The van der Waals surface area contributed by atoms with Crippen molar-refractivity contribution in [3.63, 3.8) is 0 Å². The molecule has 14 heavy (non-hydrogen) atoms. The highest BCUT2D eigenvalue weighted by atomic mass is 16.5. The van der Waals surface area contributed by atoms with Crippen LogP contribution < -0.4 is 5.32 Å². The molecule has 0 bridgehead atoms. The van der Waals surface area contributed by atoms with Crippen LogP contribution in [0.2, 0.25) is 0 Å². The van der Waals surface area contributed by atoms with E-state index in [9.17, 15) is 0 Å². The van der Waals surface area contributed by atoms with E-state index in [2.05, 4.69) is 33.1 Å². The van der Waals surface area contributed by atoms with Gasteiger partial charge in [0.1, 0.15) is 6.04 Å². The molecule has 0 saturated carbocycles. The van der Waals surface area contributed by atoms with E-state index in [4.69, 9.17) is 4.74 Å². The van der Waals surface area contributed by atoms with Gasteiger partial charge in [-0.05, 0) is 6.42 Å². The third kappa shape index (κ3) is 7.34. The third-order valence-electron chi connectivity index (χ3n) is 2.74. The predicted molar refractivity (Wildman–Crippen MR) is 61.4 cm³/mol. The molecule has 2 heteroatoms. The second-order valence-corrected chi connectivity index (χ2v) is 4.38. The number of unbranched alkanes of at least 4 members (excludes halogenated alkanes) is 3. The molecular formula is C12H28NO+. The van der Waals surface area contributed by atoms with Crippen LogP contribution in [-0.2, 0) is 4.74 Å². The zero-order valence-electron chi connectivity index (χ0n) is 10.4. The first-order valence-electron chi connectivity index (χ1n) is 6.09. The Morgan fingerprint density at radius 3 is 2.36 bits per heavy atom. The van der Waals surface area contributed by atoms with Gasteiger partial charge in [0.25, 0.3) is 0 Å². The van der Waals surface area contributed by atoms with E-state index in [0.29, 0.717) is 12.0 Å². The van der Waals surface area contributed by atoms with Crippen molar-refractivity contribution in [1.29, 1.82) is 0 Å². The van der Waals surface area contributed by atoms with Crippen LogP contribution in [0.3, 0.4) is 0 Å². The number of hydrogen-bond acceptors (Lipinski definition) is 1. The molecular weight excluding hydrogens is 174 g/mol. The van der Waals surface area contributed by atoms with Crippen LogP contribution in [0.25, 0.3) is 0 Å². The lowest BCUT2D eigenvalue weighted by Gasteiger charge is -2.16. The van der Waals surface area contributed by atoms with Crippen LogP contribution in [0.15, 0.2) is 0 Å². The summed E-state index contributed by atoms with van der Waals surface area (Å²) < 4.78 is 5.66. The number of hydrogen-bond donors (Lipinski definition) is 1. The van der Waals surface area contributed by atoms with Crippen molar-refractivity contribution in [2.24, 2.45) is 5.92 Å². The summed E-state index contributed by atoms with van der Waals surface area (Å²) in [5, 5.41) is 2.26. The molecule has 2 nitrogen and oxygen atoms in total. The average Bonchev–Trinajstić information content (AvgIpc) is 2.16. The first-order valence-corrected chi connectivity index (χ1v) is 6.09. The van der Waals surface area contributed by atoms with Gasteiger partial charge in [-0.1, -0.05) is 40.0 Å². The van der Waals surface area contributed by atoms with Gasteiger partial charge in [0.2, 0.25) is 0 Å². The van der Waals surface area contributed by atoms with Gasteiger partial charge in [-0.2, -0.15) is 0 Å². The van der Waals surface area contributed by atoms with Crippen molar-refractivity contribution in [2.45, 2.75) is 52.5 Å². The quantitative estimate of drug-likeness (QED) is 0.567. The summed E-state index contributed by atoms with van der Waals surface area (Å²) in [4.78, 5) is 0. The van der Waals surface area contributed by atoms with Crippen LogP contribution in [0, 0.1) is 5.92 Å². The van der Waals surface area contributed by atoms with E-state index in [1.54, 1.807) is 0 Å². The van der Waals surface area contributed by atoms with Crippen molar-refractivity contribution < 1.29 is 10.1 Å². The van der Waals surface area contributed by atoms with Gasteiger partial charge < -0.3 is 10.1 Å². The molecule has 86 valence electrons. The number of likely N-dealkylation sites (N-methyl/N-ethyl adjacent to an activating group) is 1. The molecule has 0 amide bonds. The largest absolute Gasteiger partial charge is 0.375 e. The van der Waals surface area contributed by atoms with Gasteiger partial charge in [-0.15, -0.1) is 0 Å². The van der Waals surface area contributed by atoms with E-state index >= 15 is 0 Å². The van der Waals surface area contributed by atoms with Gasteiger partial charge in [-0.3, -0.25) is 0 Å². The maximum atomic E-state index is 5.66. The molecule has 0 unspecified atom stereocenters. The Kier molecular flexibility index (Phi) is 9.42. The fourth-order valence-corrected chi connectivity index (χ4v) is 1.52. The summed E-state index contributed by atoms with van der Waals surface area (Å²) in [6.07, 6.45) is 5.19. The first kappa shape index (κ1) is 13.9. The molecule has 0 spiro atoms. The number of nitrogens with two attached hydrogens (primary N) is 1. The standard InChI is InChI=1S/C12H27NO/c1-5-6-7-8-9-14-10-12(13-4)11(2)3/h11-13H,5-10H2,1-4H3/p+1/t12-/m0/s1. The number of ether oxygens (including phenoxy) is 1. The zero-order chi connectivity index (χ0) is 10.8. The van der Waals surface area contributed by atoms with Gasteiger partial charge in [0, 0.05) is 12.5 Å². The molecule has 0 aromatic rings. The van der Waals surface area contributed by atoms with Crippen LogP contribution in [0.4, 0.5) is 0 Å². The summed E-state index contributed by atoms with van der Waals surface area (Å²) in [6.45, 7) is 8.59. The predicted octanol–water partition coefficient (Wildman–Crippen LogP) is 1.80. The van der Waals surface area contributed by atoms with Crippen LogP contribution in [0.5, 0.6) is 0 Å². The molecule has 0 rings (SSSR count). The van der Waals surface area contributed by atoms with E-state index in [-0.39, 0.29) is 0 Å². The van der Waals surface area contributed by atoms with Crippen LogP contribution in [0.1, 0.15) is 46.5 Å². The first-order chi connectivity index (χ1) is 6.72. The monoisotopic (exact) mass is 202 g/mol. The van der Waals surface area contributed by atoms with Gasteiger partial charge in [-0.25, -0.2) is 0 Å². The Hall–Kier alpha value is -0.0800. The van der Waals surface area contributed by atoms with E-state index < -0.39 is 0 Å². The summed E-state index contributed by atoms with van der Waals surface area (Å²) in [5.74, 6) is 0.704. The van der Waals surface area contributed by atoms with Gasteiger partial charge in [0.05, 0.1) is 13.7 Å². The normalized spacial score (nSPS) is 13.5. The van der Waals surface area contributed by atoms with Crippen LogP contribution >= 0.6 is 0 Å². The summed E-state index contributed by atoms with van der Waals surface area (Å²) in [7, 11) is 2.13. The van der Waals surface area contributed by atoms with Crippen molar-refractivity contribution in [3.8, 4) is 0 Å². The van der Waals surface area contributed by atoms with E-state index in [1.165, 1.54) is 25.7 Å². The smallest absolute Gasteiger partial charge is 0.112 e. The van der Waals surface area contributed by atoms with Gasteiger partial charge in [0.15, 0.2) is 0 Å². The van der Waals surface area contributed by atoms with E-state index in [0.717, 1.165) is 13.2 Å². The fourth-order valence-electron chi connectivity index (χ4n) is 1.52. The minimum absolute atomic E-state index is 0.626. The highest BCUT2D eigenvalue weighted by molar-refractivity contribution is 4.56. The molecule has 0 saturated heterocycles. The Morgan fingerprint density at radius 2 is 1.86 bits per heavy atom. The zero-order valence-corrected chi connectivity index (χ0v) is 10.4. The molecule has 0 aromatic heterocycles. The Bertz CT molecular complexity index is 115. The molecule has 0 aliphatic carbocycles. The fraction of sp³-hybridized carbons (Fsp3) is 1.00. The molecule has 0 radical (unpaired) electrons. The lowest BCUT2D eigenvalue weighted by atomic mass is 10.1. The highest BCUT2D eigenvalue weighted by Gasteiger charge is 2.13.